The van der Waals surface area contributed by atoms with Crippen molar-refractivity contribution in [2.24, 2.45) is 0 Å². The van der Waals surface area contributed by atoms with E-state index in [1.165, 1.54) is 41.9 Å². The highest BCUT2D eigenvalue weighted by Gasteiger charge is 2.32. The second-order valence-corrected chi connectivity index (χ2v) is 11.2. The first-order valence-corrected chi connectivity index (χ1v) is 13.3. The van der Waals surface area contributed by atoms with Crippen molar-refractivity contribution < 1.29 is 0 Å². The minimum Gasteiger partial charge on any atom is -0.341 e. The summed E-state index contributed by atoms with van der Waals surface area (Å²) in [7, 11) is 0. The molecule has 4 aromatic heterocycles. The molecular weight excluding hydrogens is 448 g/mol. The van der Waals surface area contributed by atoms with Crippen LogP contribution in [-0.2, 0) is 5.75 Å². The van der Waals surface area contributed by atoms with Gasteiger partial charge in [0, 0.05) is 39.8 Å². The van der Waals surface area contributed by atoms with Crippen LogP contribution in [0.15, 0.2) is 27.5 Å². The Kier molecular flexibility index (Phi) is 4.88. The van der Waals surface area contributed by atoms with Gasteiger partial charge in [0.1, 0.15) is 10.7 Å². The van der Waals surface area contributed by atoms with Gasteiger partial charge in [0.2, 0.25) is 5.95 Å². The first kappa shape index (κ1) is 19.5. The Hall–Kier alpha value is -2.17. The zero-order valence-electron chi connectivity index (χ0n) is 17.1. The monoisotopic (exact) mass is 470 g/mol. The van der Waals surface area contributed by atoms with Gasteiger partial charge in [0.05, 0.1) is 11.1 Å². The summed E-state index contributed by atoms with van der Waals surface area (Å²) in [5.41, 5.74) is 0.916. The quantitative estimate of drug-likeness (QED) is 0.406. The van der Waals surface area contributed by atoms with E-state index >= 15 is 0 Å². The number of hydrogen-bond acceptors (Lipinski definition) is 8. The fourth-order valence-electron chi connectivity index (χ4n) is 4.11. The summed E-state index contributed by atoms with van der Waals surface area (Å²) in [6.07, 6.45) is 4.82. The van der Waals surface area contributed by atoms with Gasteiger partial charge in [-0.1, -0.05) is 11.8 Å². The molecule has 2 aliphatic rings. The van der Waals surface area contributed by atoms with E-state index in [9.17, 15) is 4.79 Å². The summed E-state index contributed by atoms with van der Waals surface area (Å²) in [6.45, 7) is 4.20. The number of thioether (sulfide) groups is 1. The minimum absolute atomic E-state index is 0.0654. The van der Waals surface area contributed by atoms with Crippen LogP contribution in [-0.4, -0.2) is 37.8 Å². The van der Waals surface area contributed by atoms with E-state index in [0.29, 0.717) is 23.0 Å². The summed E-state index contributed by atoms with van der Waals surface area (Å²) in [4.78, 5) is 26.2. The van der Waals surface area contributed by atoms with Crippen LogP contribution in [0.25, 0.3) is 20.7 Å². The fraction of sp³-hybridized carbons (Fsp3) is 0.429. The molecule has 1 saturated carbocycles. The van der Waals surface area contributed by atoms with Crippen molar-refractivity contribution in [3.8, 4) is 10.4 Å². The highest BCUT2D eigenvalue weighted by atomic mass is 32.2. The zero-order valence-corrected chi connectivity index (χ0v) is 19.6. The third-order valence-electron chi connectivity index (χ3n) is 5.78. The molecular formula is C21H22N6OS3. The molecule has 0 radical (unpaired) electrons. The van der Waals surface area contributed by atoms with E-state index in [-0.39, 0.29) is 5.56 Å². The third-order valence-corrected chi connectivity index (χ3v) is 8.64. The van der Waals surface area contributed by atoms with Gasteiger partial charge < -0.3 is 9.88 Å². The number of anilines is 1. The molecule has 0 aromatic carbocycles. The molecule has 0 unspecified atom stereocenters. The van der Waals surface area contributed by atoms with Crippen LogP contribution in [0.2, 0.25) is 0 Å². The zero-order chi connectivity index (χ0) is 20.9. The summed E-state index contributed by atoms with van der Waals surface area (Å²) in [5, 5.41) is 12.7. The number of hydrogen-bond donors (Lipinski definition) is 1. The Bertz CT molecular complexity index is 1310. The second-order valence-electron chi connectivity index (χ2n) is 8.12. The van der Waals surface area contributed by atoms with E-state index in [4.69, 9.17) is 4.98 Å². The Morgan fingerprint density at radius 2 is 2.06 bits per heavy atom. The van der Waals surface area contributed by atoms with Crippen LogP contribution in [0, 0.1) is 6.92 Å². The van der Waals surface area contributed by atoms with Gasteiger partial charge in [-0.25, -0.2) is 4.98 Å². The van der Waals surface area contributed by atoms with Gasteiger partial charge in [0.15, 0.2) is 5.16 Å². The van der Waals surface area contributed by atoms with Crippen LogP contribution in [0.1, 0.15) is 42.4 Å². The Morgan fingerprint density at radius 1 is 1.23 bits per heavy atom. The molecule has 0 bridgehead atoms. The first-order valence-electron chi connectivity index (χ1n) is 10.6. The average Bonchev–Trinajstić information content (AvgIpc) is 3.20. The highest BCUT2D eigenvalue weighted by Crippen LogP contribution is 2.42. The summed E-state index contributed by atoms with van der Waals surface area (Å²) in [6, 6.07) is 4.67. The maximum atomic E-state index is 12.9. The first-order chi connectivity index (χ1) is 15.2. The lowest BCUT2D eigenvalue weighted by atomic mass is 10.2. The van der Waals surface area contributed by atoms with Crippen molar-refractivity contribution in [3.05, 3.63) is 38.6 Å². The van der Waals surface area contributed by atoms with E-state index in [1.54, 1.807) is 23.1 Å². The lowest BCUT2D eigenvalue weighted by Crippen LogP contribution is -2.22. The van der Waals surface area contributed by atoms with Gasteiger partial charge in [-0.3, -0.25) is 9.36 Å². The average molecular weight is 471 g/mol. The molecule has 0 atom stereocenters. The molecule has 4 aromatic rings. The van der Waals surface area contributed by atoms with Crippen molar-refractivity contribution in [2.45, 2.75) is 49.6 Å². The summed E-state index contributed by atoms with van der Waals surface area (Å²) >= 11 is 4.85. The summed E-state index contributed by atoms with van der Waals surface area (Å²) < 4.78 is 2.30. The largest absolute Gasteiger partial charge is 0.341 e. The van der Waals surface area contributed by atoms with E-state index in [0.717, 1.165) is 39.5 Å². The maximum Gasteiger partial charge on any atom is 0.260 e. The number of aromatic nitrogens is 5. The number of rotatable bonds is 6. The SMILES string of the molecule is Cc1ccc(-c2csc3nc(CSc4nnc(N5CCCC5)n4C4CC4)[nH]c(=O)c23)s1. The smallest absolute Gasteiger partial charge is 0.260 e. The molecule has 160 valence electrons. The number of H-pyrrole nitrogens is 1. The van der Waals surface area contributed by atoms with Crippen molar-refractivity contribution in [1.29, 1.82) is 0 Å². The topological polar surface area (TPSA) is 79.7 Å². The second kappa shape index (κ2) is 7.75. The predicted octanol–water partition coefficient (Wildman–Crippen LogP) is 4.84. The molecule has 6 rings (SSSR count). The standard InChI is InChI=1S/C21H22N6OS3/c1-12-4-7-15(31-12)14-10-29-19-17(14)18(28)22-16(23-19)11-30-21-25-24-20(26-8-2-3-9-26)27(21)13-5-6-13/h4,7,10,13H,2-3,5-6,8-9,11H2,1H3,(H,22,23,28). The number of aryl methyl sites for hydroxylation is 1. The molecule has 10 heteroatoms. The molecule has 0 amide bonds. The normalized spacial score (nSPS) is 16.6. The molecule has 31 heavy (non-hydrogen) atoms. The number of aromatic amines is 1. The minimum atomic E-state index is -0.0654. The molecule has 0 spiro atoms. The molecule has 5 heterocycles. The van der Waals surface area contributed by atoms with Crippen LogP contribution in [0.4, 0.5) is 5.95 Å². The van der Waals surface area contributed by atoms with Gasteiger partial charge >= 0.3 is 0 Å². The summed E-state index contributed by atoms with van der Waals surface area (Å²) in [5.74, 6) is 2.27. The molecule has 2 fully saturated rings. The van der Waals surface area contributed by atoms with Gasteiger partial charge in [0.25, 0.3) is 5.56 Å². The van der Waals surface area contributed by atoms with E-state index in [1.807, 2.05) is 5.38 Å². The van der Waals surface area contributed by atoms with Crippen molar-refractivity contribution >= 4 is 50.6 Å². The lowest BCUT2D eigenvalue weighted by Gasteiger charge is -2.17. The van der Waals surface area contributed by atoms with Crippen molar-refractivity contribution in [3.63, 3.8) is 0 Å². The van der Waals surface area contributed by atoms with Crippen LogP contribution >= 0.6 is 34.4 Å². The van der Waals surface area contributed by atoms with E-state index < -0.39 is 0 Å². The Balaban J connectivity index is 1.27. The van der Waals surface area contributed by atoms with Crippen LogP contribution in [0.5, 0.6) is 0 Å². The number of nitrogens with one attached hydrogen (secondary N) is 1. The third kappa shape index (κ3) is 3.60. The predicted molar refractivity (Wildman–Crippen MR) is 128 cm³/mol. The Morgan fingerprint density at radius 3 is 2.81 bits per heavy atom. The molecule has 1 N–H and O–H groups in total. The van der Waals surface area contributed by atoms with Crippen LogP contribution in [0.3, 0.4) is 0 Å². The highest BCUT2D eigenvalue weighted by molar-refractivity contribution is 7.98. The molecule has 1 saturated heterocycles. The maximum absolute atomic E-state index is 12.9. The fourth-order valence-corrected chi connectivity index (χ4v) is 6.90. The molecule has 7 nitrogen and oxygen atoms in total. The van der Waals surface area contributed by atoms with Gasteiger partial charge in [-0.15, -0.1) is 32.9 Å². The lowest BCUT2D eigenvalue weighted by molar-refractivity contribution is 0.651. The Labute approximate surface area is 191 Å². The van der Waals surface area contributed by atoms with Gasteiger partial charge in [-0.05, 0) is 44.7 Å². The van der Waals surface area contributed by atoms with Gasteiger partial charge in [-0.2, -0.15) is 0 Å². The molecule has 1 aliphatic carbocycles. The van der Waals surface area contributed by atoms with Crippen molar-refractivity contribution in [1.82, 2.24) is 24.7 Å². The van der Waals surface area contributed by atoms with Crippen molar-refractivity contribution in [2.75, 3.05) is 18.0 Å². The molecule has 1 aliphatic heterocycles. The number of fused-ring (bicyclic) bond motifs is 1. The van der Waals surface area contributed by atoms with Crippen LogP contribution < -0.4 is 10.5 Å². The van der Waals surface area contributed by atoms with E-state index in [2.05, 4.69) is 43.7 Å². The number of thiophene rings is 2. The number of nitrogens with zero attached hydrogens (tertiary/aromatic N) is 5.